The number of ether oxygens (including phenoxy) is 2. The fourth-order valence-corrected chi connectivity index (χ4v) is 2.14. The van der Waals surface area contributed by atoms with Gasteiger partial charge in [0.15, 0.2) is 11.5 Å². The summed E-state index contributed by atoms with van der Waals surface area (Å²) in [7, 11) is 0. The number of carbonyl (C=O) groups excluding carboxylic acids is 1. The maximum Gasteiger partial charge on any atom is 0.271 e. The summed E-state index contributed by atoms with van der Waals surface area (Å²) in [4.78, 5) is 12.0. The van der Waals surface area contributed by atoms with Crippen molar-refractivity contribution < 1.29 is 14.3 Å². The lowest BCUT2D eigenvalue weighted by atomic mass is 10.1. The number of nitrogens with zero attached hydrogens (tertiary/aromatic N) is 1. The molecule has 0 fully saturated rings. The number of hydrogen-bond donors (Lipinski definition) is 1. The predicted octanol–water partition coefficient (Wildman–Crippen LogP) is 3.95. The lowest BCUT2D eigenvalue weighted by Crippen LogP contribution is -2.17. The summed E-state index contributed by atoms with van der Waals surface area (Å²) in [6, 6.07) is 12.9. The lowest BCUT2D eigenvalue weighted by molar-refractivity contribution is 0.0955. The van der Waals surface area contributed by atoms with Crippen molar-refractivity contribution in [2.75, 3.05) is 13.2 Å². The molecular formula is C20H24N2O3. The first kappa shape index (κ1) is 18.5. The average molecular weight is 340 g/mol. The quantitative estimate of drug-likeness (QED) is 0.585. The molecule has 132 valence electrons. The number of carbonyl (C=O) groups is 1. The van der Waals surface area contributed by atoms with Gasteiger partial charge in [0.25, 0.3) is 5.91 Å². The van der Waals surface area contributed by atoms with Crippen molar-refractivity contribution in [2.45, 2.75) is 27.2 Å². The van der Waals surface area contributed by atoms with Crippen molar-refractivity contribution in [1.29, 1.82) is 0 Å². The zero-order valence-corrected chi connectivity index (χ0v) is 14.9. The SMILES string of the molecule is CCCOc1ccc(/C=N\NC(=O)c2ccc(C)cc2)cc1OCC. The topological polar surface area (TPSA) is 59.9 Å². The summed E-state index contributed by atoms with van der Waals surface area (Å²) in [6.45, 7) is 7.14. The fraction of sp³-hybridized carbons (Fsp3) is 0.300. The molecule has 0 saturated carbocycles. The minimum Gasteiger partial charge on any atom is -0.490 e. The molecule has 2 aromatic carbocycles. The first-order chi connectivity index (χ1) is 12.1. The Balaban J connectivity index is 2.03. The van der Waals surface area contributed by atoms with E-state index in [1.807, 2.05) is 44.2 Å². The molecule has 0 aliphatic carbocycles. The Morgan fingerprint density at radius 3 is 2.52 bits per heavy atom. The van der Waals surface area contributed by atoms with Gasteiger partial charge in [-0.2, -0.15) is 5.10 Å². The van der Waals surface area contributed by atoms with Gasteiger partial charge < -0.3 is 9.47 Å². The molecule has 0 radical (unpaired) electrons. The molecule has 0 aromatic heterocycles. The standard InChI is InChI=1S/C20H24N2O3/c1-4-12-25-18-11-8-16(13-19(18)24-5-2)14-21-22-20(23)17-9-6-15(3)7-10-17/h6-11,13-14H,4-5,12H2,1-3H3,(H,22,23)/b21-14-. The average Bonchev–Trinajstić information content (AvgIpc) is 2.62. The van der Waals surface area contributed by atoms with Crippen LogP contribution in [-0.4, -0.2) is 25.3 Å². The van der Waals surface area contributed by atoms with E-state index in [2.05, 4.69) is 17.5 Å². The second kappa shape index (κ2) is 9.47. The van der Waals surface area contributed by atoms with Gasteiger partial charge in [0.2, 0.25) is 0 Å². The lowest BCUT2D eigenvalue weighted by Gasteiger charge is -2.11. The van der Waals surface area contributed by atoms with Crippen LogP contribution in [0, 0.1) is 6.92 Å². The summed E-state index contributed by atoms with van der Waals surface area (Å²) in [5.41, 5.74) is 5.02. The van der Waals surface area contributed by atoms with Crippen molar-refractivity contribution in [3.63, 3.8) is 0 Å². The highest BCUT2D eigenvalue weighted by molar-refractivity contribution is 5.94. The third kappa shape index (κ3) is 5.64. The van der Waals surface area contributed by atoms with Crippen molar-refractivity contribution in [3.8, 4) is 11.5 Å². The van der Waals surface area contributed by atoms with E-state index in [0.717, 1.165) is 17.5 Å². The van der Waals surface area contributed by atoms with E-state index < -0.39 is 0 Å². The van der Waals surface area contributed by atoms with Gasteiger partial charge in [0.1, 0.15) is 0 Å². The van der Waals surface area contributed by atoms with Gasteiger partial charge in [0, 0.05) is 5.56 Å². The number of benzene rings is 2. The zero-order chi connectivity index (χ0) is 18.1. The van der Waals surface area contributed by atoms with Gasteiger partial charge in [-0.05, 0) is 56.2 Å². The molecule has 25 heavy (non-hydrogen) atoms. The maximum atomic E-state index is 12.0. The van der Waals surface area contributed by atoms with Crippen LogP contribution in [0.1, 0.15) is 41.8 Å². The molecule has 1 amide bonds. The number of hydrazone groups is 1. The Kier molecular flexibility index (Phi) is 7.01. The van der Waals surface area contributed by atoms with Crippen LogP contribution in [0.3, 0.4) is 0 Å². The number of rotatable bonds is 8. The first-order valence-electron chi connectivity index (χ1n) is 8.43. The second-order valence-electron chi connectivity index (χ2n) is 5.55. The number of nitrogens with one attached hydrogen (secondary N) is 1. The minimum atomic E-state index is -0.246. The van der Waals surface area contributed by atoms with Crippen LogP contribution in [0.25, 0.3) is 0 Å². The highest BCUT2D eigenvalue weighted by Gasteiger charge is 2.06. The van der Waals surface area contributed by atoms with Gasteiger partial charge >= 0.3 is 0 Å². The van der Waals surface area contributed by atoms with E-state index in [9.17, 15) is 4.79 Å². The normalized spacial score (nSPS) is 10.7. The highest BCUT2D eigenvalue weighted by atomic mass is 16.5. The molecule has 0 saturated heterocycles. The Morgan fingerprint density at radius 1 is 1.08 bits per heavy atom. The van der Waals surface area contributed by atoms with Crippen molar-refractivity contribution in [3.05, 3.63) is 59.2 Å². The Labute approximate surface area is 148 Å². The largest absolute Gasteiger partial charge is 0.490 e. The van der Waals surface area contributed by atoms with E-state index in [1.54, 1.807) is 18.3 Å². The van der Waals surface area contributed by atoms with Gasteiger partial charge in [0.05, 0.1) is 19.4 Å². The minimum absolute atomic E-state index is 0.246. The van der Waals surface area contributed by atoms with E-state index in [1.165, 1.54) is 0 Å². The van der Waals surface area contributed by atoms with Crippen LogP contribution >= 0.6 is 0 Å². The third-order valence-corrected chi connectivity index (χ3v) is 3.42. The monoisotopic (exact) mass is 340 g/mol. The molecule has 0 unspecified atom stereocenters. The zero-order valence-electron chi connectivity index (χ0n) is 14.9. The van der Waals surface area contributed by atoms with E-state index in [0.29, 0.717) is 30.3 Å². The molecule has 2 aromatic rings. The van der Waals surface area contributed by atoms with Crippen LogP contribution in [0.4, 0.5) is 0 Å². The molecule has 0 atom stereocenters. The molecule has 5 heteroatoms. The molecule has 0 heterocycles. The highest BCUT2D eigenvalue weighted by Crippen LogP contribution is 2.28. The first-order valence-corrected chi connectivity index (χ1v) is 8.43. The smallest absolute Gasteiger partial charge is 0.271 e. The number of amides is 1. The molecular weight excluding hydrogens is 316 g/mol. The molecule has 0 aliphatic heterocycles. The van der Waals surface area contributed by atoms with Gasteiger partial charge in [-0.25, -0.2) is 5.43 Å². The summed E-state index contributed by atoms with van der Waals surface area (Å²) in [5, 5.41) is 4.01. The van der Waals surface area contributed by atoms with Crippen LogP contribution < -0.4 is 14.9 Å². The number of hydrogen-bond acceptors (Lipinski definition) is 4. The van der Waals surface area contributed by atoms with E-state index in [-0.39, 0.29) is 5.91 Å². The fourth-order valence-electron chi connectivity index (χ4n) is 2.14. The molecule has 0 bridgehead atoms. The Bertz CT molecular complexity index is 724. The third-order valence-electron chi connectivity index (χ3n) is 3.42. The summed E-state index contributed by atoms with van der Waals surface area (Å²) < 4.78 is 11.3. The number of aryl methyl sites for hydroxylation is 1. The van der Waals surface area contributed by atoms with E-state index in [4.69, 9.17) is 9.47 Å². The maximum absolute atomic E-state index is 12.0. The molecule has 2 rings (SSSR count). The predicted molar refractivity (Wildman–Crippen MR) is 99.6 cm³/mol. The van der Waals surface area contributed by atoms with E-state index >= 15 is 0 Å². The van der Waals surface area contributed by atoms with Crippen molar-refractivity contribution >= 4 is 12.1 Å². The van der Waals surface area contributed by atoms with Gasteiger partial charge in [-0.1, -0.05) is 24.6 Å². The van der Waals surface area contributed by atoms with Crippen LogP contribution in [0.2, 0.25) is 0 Å². The molecule has 0 aliphatic rings. The Morgan fingerprint density at radius 2 is 1.84 bits per heavy atom. The van der Waals surface area contributed by atoms with Crippen LogP contribution in [0.5, 0.6) is 11.5 Å². The Hall–Kier alpha value is -2.82. The molecule has 5 nitrogen and oxygen atoms in total. The van der Waals surface area contributed by atoms with Gasteiger partial charge in [-0.3, -0.25) is 4.79 Å². The van der Waals surface area contributed by atoms with Crippen molar-refractivity contribution in [2.24, 2.45) is 5.10 Å². The van der Waals surface area contributed by atoms with Crippen molar-refractivity contribution in [1.82, 2.24) is 5.43 Å². The van der Waals surface area contributed by atoms with Gasteiger partial charge in [-0.15, -0.1) is 0 Å². The summed E-state index contributed by atoms with van der Waals surface area (Å²) in [6.07, 6.45) is 2.51. The van der Waals surface area contributed by atoms with Crippen LogP contribution in [-0.2, 0) is 0 Å². The molecule has 1 N–H and O–H groups in total. The summed E-state index contributed by atoms with van der Waals surface area (Å²) in [5.74, 6) is 1.14. The van der Waals surface area contributed by atoms with Crippen LogP contribution in [0.15, 0.2) is 47.6 Å². The second-order valence-corrected chi connectivity index (χ2v) is 5.55. The summed E-state index contributed by atoms with van der Waals surface area (Å²) >= 11 is 0. The molecule has 0 spiro atoms.